The molecule has 0 aliphatic carbocycles. The SMILES string of the molecule is CCS(=O)(=O)N1CCC(C(=O)NCCC[NH+]2CCOCC2)CC1. The molecule has 134 valence electrons. The number of hydrogen-bond donors (Lipinski definition) is 2. The van der Waals surface area contributed by atoms with Gasteiger partial charge >= 0.3 is 0 Å². The Hall–Kier alpha value is -0.700. The number of amides is 1. The van der Waals surface area contributed by atoms with Crippen molar-refractivity contribution in [2.75, 3.05) is 58.2 Å². The molecule has 23 heavy (non-hydrogen) atoms. The highest BCUT2D eigenvalue weighted by Crippen LogP contribution is 2.19. The third-order valence-electron chi connectivity index (χ3n) is 4.79. The first-order valence-corrected chi connectivity index (χ1v) is 10.3. The van der Waals surface area contributed by atoms with Crippen molar-refractivity contribution < 1.29 is 22.8 Å². The summed E-state index contributed by atoms with van der Waals surface area (Å²) in [5, 5.41) is 3.01. The predicted molar refractivity (Wildman–Crippen MR) is 87.8 cm³/mol. The topological polar surface area (TPSA) is 80.2 Å². The molecule has 2 saturated heterocycles. The third kappa shape index (κ3) is 5.70. The van der Waals surface area contributed by atoms with E-state index < -0.39 is 10.0 Å². The van der Waals surface area contributed by atoms with E-state index in [-0.39, 0.29) is 17.6 Å². The Morgan fingerprint density at radius 1 is 1.26 bits per heavy atom. The van der Waals surface area contributed by atoms with E-state index in [1.54, 1.807) is 11.8 Å². The molecule has 0 unspecified atom stereocenters. The molecule has 2 rings (SSSR count). The van der Waals surface area contributed by atoms with Gasteiger partial charge in [0.25, 0.3) is 0 Å². The fraction of sp³-hybridized carbons (Fsp3) is 0.933. The molecule has 1 amide bonds. The van der Waals surface area contributed by atoms with Gasteiger partial charge in [-0.25, -0.2) is 12.7 Å². The molecule has 2 N–H and O–H groups in total. The Morgan fingerprint density at radius 2 is 1.91 bits per heavy atom. The Bertz CT molecular complexity index is 469. The fourth-order valence-corrected chi connectivity index (χ4v) is 4.32. The number of rotatable bonds is 7. The van der Waals surface area contributed by atoms with E-state index in [9.17, 15) is 13.2 Å². The zero-order valence-electron chi connectivity index (χ0n) is 14.1. The van der Waals surface area contributed by atoms with Gasteiger partial charge in [0.15, 0.2) is 0 Å². The summed E-state index contributed by atoms with van der Waals surface area (Å²) < 4.78 is 30.5. The lowest BCUT2D eigenvalue weighted by molar-refractivity contribution is -0.908. The first-order valence-electron chi connectivity index (χ1n) is 8.70. The van der Waals surface area contributed by atoms with Crippen LogP contribution in [0.2, 0.25) is 0 Å². The van der Waals surface area contributed by atoms with Gasteiger partial charge in [0, 0.05) is 32.0 Å². The van der Waals surface area contributed by atoms with E-state index in [0.29, 0.717) is 32.5 Å². The number of nitrogens with one attached hydrogen (secondary N) is 2. The molecule has 0 aromatic heterocycles. The second-order valence-electron chi connectivity index (χ2n) is 6.33. The van der Waals surface area contributed by atoms with Crippen molar-refractivity contribution in [3.63, 3.8) is 0 Å². The van der Waals surface area contributed by atoms with Gasteiger partial charge in [0.05, 0.1) is 25.5 Å². The van der Waals surface area contributed by atoms with Crippen molar-refractivity contribution in [2.45, 2.75) is 26.2 Å². The maximum atomic E-state index is 12.2. The summed E-state index contributed by atoms with van der Waals surface area (Å²) in [5.74, 6) is 0.165. The van der Waals surface area contributed by atoms with Crippen molar-refractivity contribution in [3.8, 4) is 0 Å². The molecule has 0 saturated carbocycles. The normalized spacial score (nSPS) is 22.1. The summed E-state index contributed by atoms with van der Waals surface area (Å²) in [6.45, 7) is 8.13. The monoisotopic (exact) mass is 348 g/mol. The number of morpholine rings is 1. The van der Waals surface area contributed by atoms with Gasteiger partial charge in [0.1, 0.15) is 13.1 Å². The molecule has 7 nitrogen and oxygen atoms in total. The van der Waals surface area contributed by atoms with E-state index >= 15 is 0 Å². The molecule has 8 heteroatoms. The van der Waals surface area contributed by atoms with Gasteiger partial charge in [-0.1, -0.05) is 0 Å². The van der Waals surface area contributed by atoms with Crippen LogP contribution in [0, 0.1) is 5.92 Å². The van der Waals surface area contributed by atoms with Crippen LogP contribution in [0.15, 0.2) is 0 Å². The standard InChI is InChI=1S/C15H29N3O4S/c1-2-23(20,21)18-8-4-14(5-9-18)15(19)16-6-3-7-17-10-12-22-13-11-17/h14H,2-13H2,1H3,(H,16,19)/p+1. The Morgan fingerprint density at radius 3 is 2.52 bits per heavy atom. The van der Waals surface area contributed by atoms with Crippen molar-refractivity contribution in [3.05, 3.63) is 0 Å². The largest absolute Gasteiger partial charge is 0.370 e. The Balaban J connectivity index is 1.61. The molecule has 0 spiro atoms. The predicted octanol–water partition coefficient (Wildman–Crippen LogP) is -1.53. The Labute approximate surface area is 139 Å². The first kappa shape index (κ1) is 18.6. The van der Waals surface area contributed by atoms with Gasteiger partial charge in [-0.2, -0.15) is 0 Å². The number of ether oxygens (including phenoxy) is 1. The number of nitrogens with zero attached hydrogens (tertiary/aromatic N) is 1. The fourth-order valence-electron chi connectivity index (χ4n) is 3.18. The number of sulfonamides is 1. The minimum atomic E-state index is -3.12. The highest BCUT2D eigenvalue weighted by atomic mass is 32.2. The average Bonchev–Trinajstić information content (AvgIpc) is 2.59. The summed E-state index contributed by atoms with van der Waals surface area (Å²) in [5.41, 5.74) is 0. The molecule has 2 heterocycles. The molecule has 0 atom stereocenters. The summed E-state index contributed by atoms with van der Waals surface area (Å²) in [7, 11) is -3.12. The van der Waals surface area contributed by atoms with Crippen LogP contribution >= 0.6 is 0 Å². The molecule has 2 aliphatic rings. The molecule has 0 aromatic rings. The van der Waals surface area contributed by atoms with Gasteiger partial charge in [-0.05, 0) is 19.8 Å². The number of carbonyl (C=O) groups is 1. The lowest BCUT2D eigenvalue weighted by Gasteiger charge is -2.30. The molecular formula is C15H30N3O4S+. The van der Waals surface area contributed by atoms with Gasteiger partial charge in [-0.3, -0.25) is 4.79 Å². The van der Waals surface area contributed by atoms with Crippen LogP contribution < -0.4 is 10.2 Å². The maximum Gasteiger partial charge on any atom is 0.223 e. The van der Waals surface area contributed by atoms with E-state index in [1.165, 1.54) is 4.31 Å². The number of hydrogen-bond acceptors (Lipinski definition) is 4. The van der Waals surface area contributed by atoms with Crippen LogP contribution in [0.25, 0.3) is 0 Å². The number of quaternary nitrogens is 1. The summed E-state index contributed by atoms with van der Waals surface area (Å²) >= 11 is 0. The summed E-state index contributed by atoms with van der Waals surface area (Å²) in [4.78, 5) is 13.7. The lowest BCUT2D eigenvalue weighted by Crippen LogP contribution is -3.14. The minimum absolute atomic E-state index is 0.0472. The van der Waals surface area contributed by atoms with Gasteiger partial charge < -0.3 is 15.0 Å². The molecule has 2 fully saturated rings. The van der Waals surface area contributed by atoms with Crippen LogP contribution in [0.5, 0.6) is 0 Å². The molecule has 0 radical (unpaired) electrons. The zero-order valence-corrected chi connectivity index (χ0v) is 14.9. The minimum Gasteiger partial charge on any atom is -0.370 e. The quantitative estimate of drug-likeness (QED) is 0.547. The van der Waals surface area contributed by atoms with Crippen molar-refractivity contribution >= 4 is 15.9 Å². The van der Waals surface area contributed by atoms with E-state index in [2.05, 4.69) is 5.32 Å². The van der Waals surface area contributed by atoms with Crippen molar-refractivity contribution in [1.29, 1.82) is 0 Å². The summed E-state index contributed by atoms with van der Waals surface area (Å²) in [6.07, 6.45) is 2.23. The smallest absolute Gasteiger partial charge is 0.223 e. The second kappa shape index (κ2) is 8.96. The molecule has 0 bridgehead atoms. The lowest BCUT2D eigenvalue weighted by atomic mass is 9.97. The first-order chi connectivity index (χ1) is 11.0. The van der Waals surface area contributed by atoms with Crippen LogP contribution in [-0.4, -0.2) is 76.9 Å². The van der Waals surface area contributed by atoms with E-state index in [0.717, 1.165) is 39.3 Å². The van der Waals surface area contributed by atoms with Crippen LogP contribution in [-0.2, 0) is 19.6 Å². The molecule has 2 aliphatic heterocycles. The van der Waals surface area contributed by atoms with Crippen LogP contribution in [0.3, 0.4) is 0 Å². The summed E-state index contributed by atoms with van der Waals surface area (Å²) in [6, 6.07) is 0. The van der Waals surface area contributed by atoms with Gasteiger partial charge in [-0.15, -0.1) is 0 Å². The third-order valence-corrected chi connectivity index (χ3v) is 6.67. The van der Waals surface area contributed by atoms with E-state index in [1.807, 2.05) is 0 Å². The highest BCUT2D eigenvalue weighted by Gasteiger charge is 2.29. The second-order valence-corrected chi connectivity index (χ2v) is 8.59. The zero-order chi connectivity index (χ0) is 16.7. The van der Waals surface area contributed by atoms with E-state index in [4.69, 9.17) is 4.74 Å². The number of piperidine rings is 1. The van der Waals surface area contributed by atoms with Crippen molar-refractivity contribution in [2.24, 2.45) is 5.92 Å². The highest BCUT2D eigenvalue weighted by molar-refractivity contribution is 7.89. The van der Waals surface area contributed by atoms with Gasteiger partial charge in [0.2, 0.25) is 15.9 Å². The molecule has 0 aromatic carbocycles. The average molecular weight is 348 g/mol. The van der Waals surface area contributed by atoms with Crippen molar-refractivity contribution in [1.82, 2.24) is 9.62 Å². The number of carbonyl (C=O) groups excluding carboxylic acids is 1. The maximum absolute atomic E-state index is 12.2. The van der Waals surface area contributed by atoms with Crippen LogP contribution in [0.4, 0.5) is 0 Å². The molecular weight excluding hydrogens is 318 g/mol. The Kier molecular flexibility index (Phi) is 7.26. The van der Waals surface area contributed by atoms with Crippen LogP contribution in [0.1, 0.15) is 26.2 Å².